The molecule has 1 rings (SSSR count). The van der Waals surface area contributed by atoms with Crippen LogP contribution in [-0.2, 0) is 4.79 Å². The first-order chi connectivity index (χ1) is 6.22. The number of aliphatic hydroxyl groups excluding tert-OH is 1. The van der Waals surface area contributed by atoms with Crippen LogP contribution in [0.4, 0.5) is 0 Å². The molecule has 0 heterocycles. The molecule has 0 aliphatic carbocycles. The second-order valence-corrected chi connectivity index (χ2v) is 2.88. The van der Waals surface area contributed by atoms with Crippen LogP contribution in [0.1, 0.15) is 0 Å². The summed E-state index contributed by atoms with van der Waals surface area (Å²) in [5, 5.41) is 8.96. The van der Waals surface area contributed by atoms with Gasteiger partial charge in [0.2, 0.25) is 0 Å². The van der Waals surface area contributed by atoms with Crippen molar-refractivity contribution in [2.45, 2.75) is 0 Å². The summed E-state index contributed by atoms with van der Waals surface area (Å²) >= 11 is 5.68. The molecule has 0 saturated heterocycles. The molecule has 0 aliphatic rings. The highest BCUT2D eigenvalue weighted by molar-refractivity contribution is 6.30. The molecule has 0 aromatic heterocycles. The molecule has 1 aromatic carbocycles. The predicted molar refractivity (Wildman–Crippen MR) is 49.0 cm³/mol. The van der Waals surface area contributed by atoms with Gasteiger partial charge in [-0.2, -0.15) is 0 Å². The van der Waals surface area contributed by atoms with Gasteiger partial charge in [-0.05, 0) is 18.2 Å². The van der Waals surface area contributed by atoms with Crippen molar-refractivity contribution >= 4 is 17.4 Å². The molecular weight excluding hydrogens is 192 g/mol. The maximum atomic E-state index is 10.7. The average Bonchev–Trinajstić information content (AvgIpc) is 2.14. The van der Waals surface area contributed by atoms with Crippen molar-refractivity contribution in [2.75, 3.05) is 13.2 Å². The van der Waals surface area contributed by atoms with E-state index in [0.29, 0.717) is 10.8 Å². The Morgan fingerprint density at radius 1 is 1.54 bits per heavy atom. The molecular formula is C9H9ClO3. The smallest absolute Gasteiger partial charge is 0.195 e. The van der Waals surface area contributed by atoms with E-state index in [9.17, 15) is 4.79 Å². The molecule has 0 aliphatic heterocycles. The molecule has 0 unspecified atom stereocenters. The van der Waals surface area contributed by atoms with E-state index >= 15 is 0 Å². The van der Waals surface area contributed by atoms with Crippen LogP contribution in [-0.4, -0.2) is 24.1 Å². The van der Waals surface area contributed by atoms with E-state index in [2.05, 4.69) is 0 Å². The van der Waals surface area contributed by atoms with Gasteiger partial charge < -0.3 is 9.84 Å². The fourth-order valence-corrected chi connectivity index (χ4v) is 0.947. The van der Waals surface area contributed by atoms with Gasteiger partial charge in [-0.1, -0.05) is 17.7 Å². The molecule has 3 nitrogen and oxygen atoms in total. The number of hydrogen-bond acceptors (Lipinski definition) is 3. The van der Waals surface area contributed by atoms with Crippen LogP contribution >= 0.6 is 11.6 Å². The van der Waals surface area contributed by atoms with Gasteiger partial charge in [-0.15, -0.1) is 0 Å². The van der Waals surface area contributed by atoms with Crippen molar-refractivity contribution in [3.63, 3.8) is 0 Å². The van der Waals surface area contributed by atoms with Gasteiger partial charge >= 0.3 is 0 Å². The van der Waals surface area contributed by atoms with E-state index in [-0.39, 0.29) is 12.4 Å². The number of benzene rings is 1. The Labute approximate surface area is 80.9 Å². The first-order valence-corrected chi connectivity index (χ1v) is 4.11. The fourth-order valence-electron chi connectivity index (χ4n) is 0.766. The van der Waals surface area contributed by atoms with Crippen LogP contribution in [0.25, 0.3) is 0 Å². The third kappa shape index (κ3) is 3.44. The summed E-state index contributed by atoms with van der Waals surface area (Å²) < 4.78 is 5.05. The molecule has 0 fully saturated rings. The standard InChI is InChI=1S/C9H9ClO3/c10-7-2-1-3-9(4-7)13-6-8(12)5-11/h1-4,11H,5-6H2. The highest BCUT2D eigenvalue weighted by Gasteiger charge is 2.00. The Hall–Kier alpha value is -1.06. The fraction of sp³-hybridized carbons (Fsp3) is 0.222. The Kier molecular flexibility index (Phi) is 3.73. The lowest BCUT2D eigenvalue weighted by molar-refractivity contribution is -0.123. The molecule has 70 valence electrons. The summed E-state index contributed by atoms with van der Waals surface area (Å²) in [6.45, 7) is -0.628. The summed E-state index contributed by atoms with van der Waals surface area (Å²) in [5.41, 5.74) is 0. The number of rotatable bonds is 4. The van der Waals surface area contributed by atoms with Crippen LogP contribution in [0.3, 0.4) is 0 Å². The van der Waals surface area contributed by atoms with Crippen molar-refractivity contribution in [3.8, 4) is 5.75 Å². The molecule has 0 radical (unpaired) electrons. The lowest BCUT2D eigenvalue weighted by Gasteiger charge is -2.03. The number of ketones is 1. The van der Waals surface area contributed by atoms with Crippen LogP contribution in [0.5, 0.6) is 5.75 Å². The third-order valence-corrected chi connectivity index (χ3v) is 1.61. The molecule has 0 bridgehead atoms. The van der Waals surface area contributed by atoms with E-state index in [0.717, 1.165) is 0 Å². The van der Waals surface area contributed by atoms with Gasteiger partial charge in [-0.3, -0.25) is 4.79 Å². The second kappa shape index (κ2) is 4.84. The van der Waals surface area contributed by atoms with Crippen molar-refractivity contribution in [1.29, 1.82) is 0 Å². The summed E-state index contributed by atoms with van der Waals surface area (Å²) in [6, 6.07) is 6.73. The Morgan fingerprint density at radius 2 is 2.31 bits per heavy atom. The zero-order chi connectivity index (χ0) is 9.68. The molecule has 0 saturated carbocycles. The number of carbonyl (C=O) groups is 1. The largest absolute Gasteiger partial charge is 0.486 e. The monoisotopic (exact) mass is 200 g/mol. The Balaban J connectivity index is 2.50. The van der Waals surface area contributed by atoms with Crippen molar-refractivity contribution in [1.82, 2.24) is 0 Å². The minimum absolute atomic E-state index is 0.128. The van der Waals surface area contributed by atoms with Gasteiger partial charge in [0.05, 0.1) is 0 Å². The van der Waals surface area contributed by atoms with Gasteiger partial charge in [0.1, 0.15) is 19.0 Å². The summed E-state index contributed by atoms with van der Waals surface area (Å²) in [4.78, 5) is 10.7. The summed E-state index contributed by atoms with van der Waals surface area (Å²) in [7, 11) is 0. The van der Waals surface area contributed by atoms with Gasteiger partial charge in [0.25, 0.3) is 0 Å². The van der Waals surface area contributed by atoms with Crippen LogP contribution in [0, 0.1) is 0 Å². The van der Waals surface area contributed by atoms with Crippen molar-refractivity contribution < 1.29 is 14.6 Å². The molecule has 1 N–H and O–H groups in total. The molecule has 13 heavy (non-hydrogen) atoms. The third-order valence-electron chi connectivity index (χ3n) is 1.37. The zero-order valence-electron chi connectivity index (χ0n) is 6.87. The maximum Gasteiger partial charge on any atom is 0.195 e. The van der Waals surface area contributed by atoms with Gasteiger partial charge in [0.15, 0.2) is 5.78 Å². The quantitative estimate of drug-likeness (QED) is 0.797. The average molecular weight is 201 g/mol. The minimum Gasteiger partial charge on any atom is -0.486 e. The number of halogens is 1. The molecule has 0 spiro atoms. The first-order valence-electron chi connectivity index (χ1n) is 3.73. The van der Waals surface area contributed by atoms with E-state index in [1.807, 2.05) is 0 Å². The van der Waals surface area contributed by atoms with E-state index in [1.165, 1.54) is 0 Å². The van der Waals surface area contributed by atoms with Crippen LogP contribution < -0.4 is 4.74 Å². The van der Waals surface area contributed by atoms with Crippen LogP contribution in [0.2, 0.25) is 5.02 Å². The number of carbonyl (C=O) groups excluding carboxylic acids is 1. The zero-order valence-corrected chi connectivity index (χ0v) is 7.62. The van der Waals surface area contributed by atoms with E-state index in [1.54, 1.807) is 24.3 Å². The Morgan fingerprint density at radius 3 is 2.92 bits per heavy atom. The topological polar surface area (TPSA) is 46.5 Å². The maximum absolute atomic E-state index is 10.7. The molecule has 1 aromatic rings. The van der Waals surface area contributed by atoms with E-state index in [4.69, 9.17) is 21.4 Å². The first kappa shape index (κ1) is 10.0. The normalized spacial score (nSPS) is 9.69. The molecule has 0 amide bonds. The van der Waals surface area contributed by atoms with Crippen LogP contribution in [0.15, 0.2) is 24.3 Å². The second-order valence-electron chi connectivity index (χ2n) is 2.44. The van der Waals surface area contributed by atoms with Gasteiger partial charge in [0, 0.05) is 5.02 Å². The van der Waals surface area contributed by atoms with E-state index < -0.39 is 6.61 Å². The number of hydrogen-bond donors (Lipinski definition) is 1. The molecule has 4 heteroatoms. The number of Topliss-reactive ketones (excluding diaryl/α,β-unsaturated/α-hetero) is 1. The predicted octanol–water partition coefficient (Wildman–Crippen LogP) is 1.28. The molecule has 0 atom stereocenters. The SMILES string of the molecule is O=C(CO)COc1cccc(Cl)c1. The Bertz CT molecular complexity index is 299. The summed E-state index contributed by atoms with van der Waals surface area (Å²) in [6.07, 6.45) is 0. The highest BCUT2D eigenvalue weighted by atomic mass is 35.5. The van der Waals surface area contributed by atoms with Crippen molar-refractivity contribution in [2.24, 2.45) is 0 Å². The number of aliphatic hydroxyl groups is 1. The number of ether oxygens (including phenoxy) is 1. The lowest BCUT2D eigenvalue weighted by Crippen LogP contribution is -2.14. The summed E-state index contributed by atoms with van der Waals surface area (Å²) in [5.74, 6) is 0.161. The lowest BCUT2D eigenvalue weighted by atomic mass is 10.3. The highest BCUT2D eigenvalue weighted by Crippen LogP contribution is 2.16. The minimum atomic E-state index is -0.499. The van der Waals surface area contributed by atoms with Gasteiger partial charge in [-0.25, -0.2) is 0 Å². The van der Waals surface area contributed by atoms with Crippen molar-refractivity contribution in [3.05, 3.63) is 29.3 Å².